The van der Waals surface area contributed by atoms with E-state index >= 15 is 0 Å². The van der Waals surface area contributed by atoms with Crippen molar-refractivity contribution in [1.29, 1.82) is 0 Å². The van der Waals surface area contributed by atoms with Crippen LogP contribution in [-0.4, -0.2) is 10.2 Å². The van der Waals surface area contributed by atoms with Gasteiger partial charge in [-0.25, -0.2) is 0 Å². The monoisotopic (exact) mass is 226 g/mol. The Hall–Kier alpha value is -0.380. The van der Waals surface area contributed by atoms with E-state index in [-0.39, 0.29) is 0 Å². The van der Waals surface area contributed by atoms with Crippen molar-refractivity contribution in [2.45, 2.75) is 44.3 Å². The number of thiophene rings is 1. The molecular weight excluding hydrogens is 208 g/mol. The lowest BCUT2D eigenvalue weighted by Crippen LogP contribution is -2.28. The van der Waals surface area contributed by atoms with Gasteiger partial charge in [-0.2, -0.15) is 0 Å². The first kappa shape index (κ1) is 11.1. The van der Waals surface area contributed by atoms with Gasteiger partial charge >= 0.3 is 0 Å². The molecule has 3 heteroatoms. The molecule has 1 heterocycles. The third kappa shape index (κ3) is 2.80. The van der Waals surface area contributed by atoms with E-state index in [2.05, 4.69) is 0 Å². The lowest BCUT2D eigenvalue weighted by atomic mass is 9.84. The van der Waals surface area contributed by atoms with E-state index in [1.165, 1.54) is 30.6 Å². The second-order valence-electron chi connectivity index (χ2n) is 4.50. The first-order valence-corrected chi connectivity index (χ1v) is 6.55. The van der Waals surface area contributed by atoms with Crippen molar-refractivity contribution in [3.63, 3.8) is 0 Å². The molecule has 0 aromatic carbocycles. The Kier molecular flexibility index (Phi) is 3.44. The Balaban J connectivity index is 1.97. The summed E-state index contributed by atoms with van der Waals surface area (Å²) in [6, 6.07) is 3.66. The van der Waals surface area contributed by atoms with Gasteiger partial charge in [-0.3, -0.25) is 0 Å². The van der Waals surface area contributed by atoms with Crippen LogP contribution in [0.4, 0.5) is 0 Å². The lowest BCUT2D eigenvalue weighted by molar-refractivity contribution is -0.181. The lowest BCUT2D eigenvalue weighted by Gasteiger charge is -2.28. The fourth-order valence-electron chi connectivity index (χ4n) is 2.40. The quantitative estimate of drug-likeness (QED) is 0.778. The molecule has 0 radical (unpaired) electrons. The summed E-state index contributed by atoms with van der Waals surface area (Å²) in [5, 5.41) is 21.9. The summed E-state index contributed by atoms with van der Waals surface area (Å²) in [5.74, 6) is -1.12. The van der Waals surface area contributed by atoms with Crippen molar-refractivity contribution < 1.29 is 10.2 Å². The number of aliphatic hydroxyl groups is 2. The highest BCUT2D eigenvalue weighted by atomic mass is 32.1. The van der Waals surface area contributed by atoms with Gasteiger partial charge < -0.3 is 10.2 Å². The number of hydrogen-bond acceptors (Lipinski definition) is 3. The highest BCUT2D eigenvalue weighted by Gasteiger charge is 2.31. The zero-order valence-corrected chi connectivity index (χ0v) is 9.67. The van der Waals surface area contributed by atoms with Crippen molar-refractivity contribution in [2.24, 2.45) is 5.92 Å². The smallest absolute Gasteiger partial charge is 0.199 e. The maximum atomic E-state index is 9.99. The second kappa shape index (κ2) is 4.64. The van der Waals surface area contributed by atoms with Gasteiger partial charge in [-0.05, 0) is 17.4 Å². The van der Waals surface area contributed by atoms with Crippen molar-refractivity contribution in [1.82, 2.24) is 0 Å². The van der Waals surface area contributed by atoms with Gasteiger partial charge in [0.25, 0.3) is 0 Å². The van der Waals surface area contributed by atoms with Crippen LogP contribution < -0.4 is 0 Å². The van der Waals surface area contributed by atoms with E-state index < -0.39 is 5.79 Å². The SMILES string of the molecule is OC(O)(CC1CCCCC1)c1cccs1. The molecule has 1 saturated carbocycles. The molecule has 0 unspecified atom stereocenters. The van der Waals surface area contributed by atoms with Gasteiger partial charge in [-0.1, -0.05) is 38.2 Å². The summed E-state index contributed by atoms with van der Waals surface area (Å²) in [6.45, 7) is 0. The second-order valence-corrected chi connectivity index (χ2v) is 5.45. The predicted molar refractivity (Wildman–Crippen MR) is 61.6 cm³/mol. The molecule has 2 N–H and O–H groups in total. The van der Waals surface area contributed by atoms with Gasteiger partial charge in [-0.15, -0.1) is 11.3 Å². The first-order chi connectivity index (χ1) is 7.18. The largest absolute Gasteiger partial charge is 0.361 e. The van der Waals surface area contributed by atoms with E-state index in [4.69, 9.17) is 0 Å². The van der Waals surface area contributed by atoms with E-state index in [1.54, 1.807) is 6.07 Å². The maximum absolute atomic E-state index is 9.99. The Morgan fingerprint density at radius 3 is 2.60 bits per heavy atom. The molecule has 0 saturated heterocycles. The highest BCUT2D eigenvalue weighted by molar-refractivity contribution is 7.10. The molecule has 1 aromatic rings. The molecule has 1 fully saturated rings. The van der Waals surface area contributed by atoms with E-state index in [0.717, 1.165) is 12.8 Å². The normalized spacial score (nSPS) is 19.3. The number of rotatable bonds is 3. The van der Waals surface area contributed by atoms with E-state index in [0.29, 0.717) is 17.2 Å². The zero-order valence-electron chi connectivity index (χ0n) is 8.85. The molecule has 2 rings (SSSR count). The summed E-state index contributed by atoms with van der Waals surface area (Å²) < 4.78 is 0. The first-order valence-electron chi connectivity index (χ1n) is 5.67. The molecule has 0 atom stereocenters. The summed E-state index contributed by atoms with van der Waals surface area (Å²) in [6.07, 6.45) is 6.58. The molecule has 0 aliphatic heterocycles. The van der Waals surface area contributed by atoms with E-state index in [9.17, 15) is 10.2 Å². The summed E-state index contributed by atoms with van der Waals surface area (Å²) in [7, 11) is 0. The van der Waals surface area contributed by atoms with Crippen molar-refractivity contribution in [3.05, 3.63) is 22.4 Å². The standard InChI is InChI=1S/C12H18O2S/c13-12(14,11-7-4-8-15-11)9-10-5-2-1-3-6-10/h4,7-8,10,13-14H,1-3,5-6,9H2. The van der Waals surface area contributed by atoms with Gasteiger partial charge in [0.05, 0.1) is 4.88 Å². The van der Waals surface area contributed by atoms with Gasteiger partial charge in [0.2, 0.25) is 0 Å². The van der Waals surface area contributed by atoms with Crippen molar-refractivity contribution in [3.8, 4) is 0 Å². The van der Waals surface area contributed by atoms with Crippen LogP contribution in [0.5, 0.6) is 0 Å². The molecule has 84 valence electrons. The van der Waals surface area contributed by atoms with Crippen LogP contribution in [0.2, 0.25) is 0 Å². The Morgan fingerprint density at radius 2 is 2.00 bits per heavy atom. The minimum Gasteiger partial charge on any atom is -0.361 e. The third-order valence-corrected chi connectivity index (χ3v) is 4.22. The summed E-state index contributed by atoms with van der Waals surface area (Å²) in [4.78, 5) is 0.674. The summed E-state index contributed by atoms with van der Waals surface area (Å²) in [5.41, 5.74) is 0. The molecule has 1 aliphatic carbocycles. The Bertz CT molecular complexity index is 287. The van der Waals surface area contributed by atoms with Gasteiger partial charge in [0.15, 0.2) is 5.79 Å². The Morgan fingerprint density at radius 1 is 1.27 bits per heavy atom. The fraction of sp³-hybridized carbons (Fsp3) is 0.667. The molecule has 0 amide bonds. The van der Waals surface area contributed by atoms with Crippen LogP contribution >= 0.6 is 11.3 Å². The molecular formula is C12H18O2S. The minimum absolute atomic E-state index is 0.482. The number of hydrogen-bond donors (Lipinski definition) is 2. The molecule has 15 heavy (non-hydrogen) atoms. The summed E-state index contributed by atoms with van der Waals surface area (Å²) >= 11 is 1.42. The van der Waals surface area contributed by atoms with E-state index in [1.807, 2.05) is 11.4 Å². The highest BCUT2D eigenvalue weighted by Crippen LogP contribution is 2.35. The minimum atomic E-state index is -1.60. The Labute approximate surface area is 94.6 Å². The molecule has 0 bridgehead atoms. The fourth-order valence-corrected chi connectivity index (χ4v) is 3.13. The molecule has 2 nitrogen and oxygen atoms in total. The average Bonchev–Trinajstić information content (AvgIpc) is 2.71. The van der Waals surface area contributed by atoms with Crippen molar-refractivity contribution in [2.75, 3.05) is 0 Å². The molecule has 1 aliphatic rings. The van der Waals surface area contributed by atoms with Crippen LogP contribution in [0, 0.1) is 5.92 Å². The average molecular weight is 226 g/mol. The predicted octanol–water partition coefficient (Wildman–Crippen LogP) is 2.86. The van der Waals surface area contributed by atoms with Crippen LogP contribution in [0.1, 0.15) is 43.4 Å². The van der Waals surface area contributed by atoms with Crippen LogP contribution in [0.25, 0.3) is 0 Å². The van der Waals surface area contributed by atoms with Crippen LogP contribution in [0.3, 0.4) is 0 Å². The topological polar surface area (TPSA) is 40.5 Å². The van der Waals surface area contributed by atoms with Crippen LogP contribution in [-0.2, 0) is 5.79 Å². The van der Waals surface area contributed by atoms with Crippen molar-refractivity contribution >= 4 is 11.3 Å². The van der Waals surface area contributed by atoms with Gasteiger partial charge in [0.1, 0.15) is 0 Å². The third-order valence-electron chi connectivity index (χ3n) is 3.21. The van der Waals surface area contributed by atoms with Gasteiger partial charge in [0, 0.05) is 6.42 Å². The van der Waals surface area contributed by atoms with Crippen LogP contribution in [0.15, 0.2) is 17.5 Å². The molecule has 0 spiro atoms. The zero-order chi connectivity index (χ0) is 10.7. The molecule has 1 aromatic heterocycles. The maximum Gasteiger partial charge on any atom is 0.199 e.